The molecule has 0 aromatic carbocycles. The number of hydrogen-bond donors (Lipinski definition) is 1. The van der Waals surface area contributed by atoms with Gasteiger partial charge in [0.05, 0.1) is 5.60 Å². The lowest BCUT2D eigenvalue weighted by atomic mass is 10.1. The smallest absolute Gasteiger partial charge is 0.388 e. The fourth-order valence-electron chi connectivity index (χ4n) is 2.27. The van der Waals surface area contributed by atoms with Crippen molar-refractivity contribution in [3.05, 3.63) is 18.0 Å². The highest BCUT2D eigenvalue weighted by atomic mass is 19.4. The molecule has 2 aromatic heterocycles. The van der Waals surface area contributed by atoms with Gasteiger partial charge in [-0.3, -0.25) is 0 Å². The van der Waals surface area contributed by atoms with E-state index in [0.29, 0.717) is 29.8 Å². The zero-order valence-corrected chi connectivity index (χ0v) is 10.6. The second kappa shape index (κ2) is 4.05. The SMILES string of the molecule is CC1(O)CCN(c2ccc3nnc(C(F)(F)F)n3n2)C1. The average molecular weight is 287 g/mol. The van der Waals surface area contributed by atoms with Crippen LogP contribution >= 0.6 is 0 Å². The second-order valence-corrected chi connectivity index (χ2v) is 5.15. The van der Waals surface area contributed by atoms with Gasteiger partial charge in [0.1, 0.15) is 5.82 Å². The first kappa shape index (κ1) is 13.1. The van der Waals surface area contributed by atoms with Crippen LogP contribution in [-0.4, -0.2) is 43.6 Å². The minimum absolute atomic E-state index is 0.0343. The molecule has 2 aromatic rings. The fourth-order valence-corrected chi connectivity index (χ4v) is 2.27. The van der Waals surface area contributed by atoms with Crippen LogP contribution in [-0.2, 0) is 6.18 Å². The van der Waals surface area contributed by atoms with E-state index >= 15 is 0 Å². The van der Waals surface area contributed by atoms with E-state index in [4.69, 9.17) is 0 Å². The van der Waals surface area contributed by atoms with Crippen LogP contribution in [0.2, 0.25) is 0 Å². The van der Waals surface area contributed by atoms with Crippen molar-refractivity contribution in [1.82, 2.24) is 19.8 Å². The summed E-state index contributed by atoms with van der Waals surface area (Å²) >= 11 is 0. The van der Waals surface area contributed by atoms with Crippen molar-refractivity contribution in [3.63, 3.8) is 0 Å². The maximum Gasteiger partial charge on any atom is 0.453 e. The summed E-state index contributed by atoms with van der Waals surface area (Å²) in [6, 6.07) is 3.00. The molecule has 1 atom stereocenters. The number of alkyl halides is 3. The highest BCUT2D eigenvalue weighted by molar-refractivity contribution is 5.47. The third kappa shape index (κ3) is 2.17. The molecule has 0 radical (unpaired) electrons. The average Bonchev–Trinajstić information content (AvgIpc) is 2.90. The van der Waals surface area contributed by atoms with Gasteiger partial charge in [-0.15, -0.1) is 15.3 Å². The number of hydrogen-bond acceptors (Lipinski definition) is 5. The highest BCUT2D eigenvalue weighted by Gasteiger charge is 2.38. The van der Waals surface area contributed by atoms with Crippen LogP contribution in [0.25, 0.3) is 5.65 Å². The summed E-state index contributed by atoms with van der Waals surface area (Å²) in [4.78, 5) is 1.74. The minimum atomic E-state index is -4.61. The molecule has 108 valence electrons. The predicted octanol–water partition coefficient (Wildman–Crippen LogP) is 1.10. The molecular formula is C11H12F3N5O. The van der Waals surface area contributed by atoms with Crippen LogP contribution in [0, 0.1) is 0 Å². The monoisotopic (exact) mass is 287 g/mol. The van der Waals surface area contributed by atoms with Crippen molar-refractivity contribution in [1.29, 1.82) is 0 Å². The molecule has 9 heteroatoms. The molecule has 0 aliphatic carbocycles. The normalized spacial score (nSPS) is 23.8. The summed E-state index contributed by atoms with van der Waals surface area (Å²) in [5, 5.41) is 20.4. The first-order chi connectivity index (χ1) is 9.26. The number of aromatic nitrogens is 4. The van der Waals surface area contributed by atoms with Crippen molar-refractivity contribution in [2.24, 2.45) is 0 Å². The van der Waals surface area contributed by atoms with Gasteiger partial charge in [-0.2, -0.15) is 17.7 Å². The molecule has 0 saturated carbocycles. The van der Waals surface area contributed by atoms with Gasteiger partial charge >= 0.3 is 6.18 Å². The lowest BCUT2D eigenvalue weighted by molar-refractivity contribution is -0.146. The van der Waals surface area contributed by atoms with Gasteiger partial charge < -0.3 is 10.0 Å². The standard InChI is InChI=1S/C11H12F3N5O/c1-10(20)4-5-18(6-10)8-3-2-7-15-16-9(11(12,13)14)19(7)17-8/h2-3,20H,4-6H2,1H3. The summed E-state index contributed by atoms with van der Waals surface area (Å²) in [6.07, 6.45) is -4.07. The molecule has 6 nitrogen and oxygen atoms in total. The van der Waals surface area contributed by atoms with Gasteiger partial charge in [0.25, 0.3) is 5.82 Å². The Labute approximate surface area is 111 Å². The van der Waals surface area contributed by atoms with Crippen LogP contribution in [0.3, 0.4) is 0 Å². The minimum Gasteiger partial charge on any atom is -0.388 e. The molecule has 0 amide bonds. The Bertz CT molecular complexity index is 651. The molecule has 0 bridgehead atoms. The second-order valence-electron chi connectivity index (χ2n) is 5.15. The number of halogens is 3. The molecule has 1 aliphatic heterocycles. The summed E-state index contributed by atoms with van der Waals surface area (Å²) < 4.78 is 39.0. The molecule has 3 heterocycles. The van der Waals surface area contributed by atoms with Crippen LogP contribution in [0.15, 0.2) is 12.1 Å². The van der Waals surface area contributed by atoms with E-state index in [2.05, 4.69) is 15.3 Å². The van der Waals surface area contributed by atoms with E-state index in [0.717, 1.165) is 0 Å². The van der Waals surface area contributed by atoms with Gasteiger partial charge in [0.2, 0.25) is 0 Å². The van der Waals surface area contributed by atoms with Gasteiger partial charge in [-0.25, -0.2) is 0 Å². The number of aliphatic hydroxyl groups is 1. The third-order valence-electron chi connectivity index (χ3n) is 3.28. The lowest BCUT2D eigenvalue weighted by Crippen LogP contribution is -2.30. The van der Waals surface area contributed by atoms with E-state index < -0.39 is 17.6 Å². The fraction of sp³-hybridized carbons (Fsp3) is 0.545. The van der Waals surface area contributed by atoms with E-state index in [-0.39, 0.29) is 5.65 Å². The van der Waals surface area contributed by atoms with Crippen LogP contribution in [0.4, 0.5) is 19.0 Å². The molecule has 20 heavy (non-hydrogen) atoms. The molecule has 1 aliphatic rings. The quantitative estimate of drug-likeness (QED) is 0.851. The highest BCUT2D eigenvalue weighted by Crippen LogP contribution is 2.29. The number of nitrogens with zero attached hydrogens (tertiary/aromatic N) is 5. The first-order valence-corrected chi connectivity index (χ1v) is 6.03. The number of rotatable bonds is 1. The van der Waals surface area contributed by atoms with E-state index in [1.165, 1.54) is 6.07 Å². The van der Waals surface area contributed by atoms with Gasteiger partial charge in [-0.05, 0) is 25.5 Å². The molecular weight excluding hydrogens is 275 g/mol. The Hall–Kier alpha value is -1.90. The molecule has 3 rings (SSSR count). The van der Waals surface area contributed by atoms with Crippen LogP contribution in [0.1, 0.15) is 19.2 Å². The van der Waals surface area contributed by atoms with Crippen molar-refractivity contribution >= 4 is 11.5 Å². The number of anilines is 1. The number of fused-ring (bicyclic) bond motifs is 1. The van der Waals surface area contributed by atoms with Gasteiger partial charge in [0.15, 0.2) is 5.65 Å². The molecule has 1 saturated heterocycles. The number of β-amino-alcohol motifs (C(OH)–C–C–N with tert-alkyl or cyclic N) is 1. The van der Waals surface area contributed by atoms with Crippen molar-refractivity contribution < 1.29 is 18.3 Å². The topological polar surface area (TPSA) is 66.5 Å². The van der Waals surface area contributed by atoms with E-state index in [1.807, 2.05) is 0 Å². The Morgan fingerprint density at radius 2 is 2.05 bits per heavy atom. The van der Waals surface area contributed by atoms with Crippen molar-refractivity contribution in [2.45, 2.75) is 25.1 Å². The third-order valence-corrected chi connectivity index (χ3v) is 3.28. The molecule has 0 spiro atoms. The maximum absolute atomic E-state index is 12.8. The van der Waals surface area contributed by atoms with Crippen molar-refractivity contribution in [3.8, 4) is 0 Å². The Kier molecular flexibility index (Phi) is 2.65. The van der Waals surface area contributed by atoms with E-state index in [1.54, 1.807) is 17.9 Å². The van der Waals surface area contributed by atoms with E-state index in [9.17, 15) is 18.3 Å². The van der Waals surface area contributed by atoms with Gasteiger partial charge in [-0.1, -0.05) is 0 Å². The van der Waals surface area contributed by atoms with Crippen LogP contribution < -0.4 is 4.90 Å². The Morgan fingerprint density at radius 3 is 2.65 bits per heavy atom. The molecule has 1 unspecified atom stereocenters. The Morgan fingerprint density at radius 1 is 1.30 bits per heavy atom. The molecule has 1 fully saturated rings. The summed E-state index contributed by atoms with van der Waals surface area (Å²) in [7, 11) is 0. The van der Waals surface area contributed by atoms with Crippen molar-refractivity contribution in [2.75, 3.05) is 18.0 Å². The molecule has 1 N–H and O–H groups in total. The predicted molar refractivity (Wildman–Crippen MR) is 63.2 cm³/mol. The largest absolute Gasteiger partial charge is 0.453 e. The van der Waals surface area contributed by atoms with Gasteiger partial charge in [0, 0.05) is 13.1 Å². The summed E-state index contributed by atoms with van der Waals surface area (Å²) in [5.41, 5.74) is -0.816. The van der Waals surface area contributed by atoms with Crippen LogP contribution in [0.5, 0.6) is 0 Å². The first-order valence-electron chi connectivity index (χ1n) is 6.03. The lowest BCUT2D eigenvalue weighted by Gasteiger charge is -2.19. The summed E-state index contributed by atoms with van der Waals surface area (Å²) in [6.45, 7) is 2.55. The Balaban J connectivity index is 2.02. The zero-order chi connectivity index (χ0) is 14.5. The zero-order valence-electron chi connectivity index (χ0n) is 10.6. The maximum atomic E-state index is 12.8. The summed E-state index contributed by atoms with van der Waals surface area (Å²) in [5.74, 6) is -0.791.